The molecule has 0 aliphatic heterocycles. The smallest absolute Gasteiger partial charge is 0.394 e. The number of aliphatic carboxylic acids is 1. The van der Waals surface area contributed by atoms with E-state index in [-0.39, 0.29) is 0 Å². The van der Waals surface area contributed by atoms with Crippen molar-refractivity contribution in [3.8, 4) is 11.8 Å². The van der Waals surface area contributed by atoms with Gasteiger partial charge in [0.15, 0.2) is 0 Å². The summed E-state index contributed by atoms with van der Waals surface area (Å²) < 4.78 is 0. The van der Waals surface area contributed by atoms with Gasteiger partial charge in [-0.15, -0.1) is 11.3 Å². The molecule has 120 valence electrons. The molecular weight excluding hydrogens is 300 g/mol. The minimum Gasteiger partial charge on any atom is -0.474 e. The molecule has 1 heterocycles. The first-order valence-corrected chi connectivity index (χ1v) is 8.12. The second-order valence-corrected chi connectivity index (χ2v) is 6.80. The second-order valence-electron chi connectivity index (χ2n) is 5.91. The maximum atomic E-state index is 11.7. The number of carbonyl (C=O) groups excluding carboxylic acids is 1. The zero-order chi connectivity index (χ0) is 16.6. The monoisotopic (exact) mass is 322 g/mol. The first-order valence-electron chi connectivity index (χ1n) is 7.24. The molecule has 0 atom stereocenters. The lowest BCUT2D eigenvalue weighted by Crippen LogP contribution is -2.49. The second kappa shape index (κ2) is 8.54. The molecule has 22 heavy (non-hydrogen) atoms. The summed E-state index contributed by atoms with van der Waals surface area (Å²) >= 11 is 1.52. The average molecular weight is 322 g/mol. The molecular formula is C16H22N2O3S. The fourth-order valence-electron chi connectivity index (χ4n) is 1.94. The van der Waals surface area contributed by atoms with Gasteiger partial charge in [-0.3, -0.25) is 9.78 Å². The van der Waals surface area contributed by atoms with Crippen LogP contribution in [0, 0.1) is 11.8 Å². The molecule has 6 heteroatoms. The van der Waals surface area contributed by atoms with Crippen molar-refractivity contribution in [2.24, 2.45) is 0 Å². The van der Waals surface area contributed by atoms with Gasteiger partial charge in [0, 0.05) is 18.5 Å². The maximum Gasteiger partial charge on any atom is 0.394 e. The Morgan fingerprint density at radius 2 is 2.05 bits per heavy atom. The van der Waals surface area contributed by atoms with Crippen molar-refractivity contribution in [3.63, 3.8) is 0 Å². The van der Waals surface area contributed by atoms with Crippen molar-refractivity contribution in [3.05, 3.63) is 16.6 Å². The van der Waals surface area contributed by atoms with Crippen LogP contribution in [0.15, 0.2) is 11.7 Å². The highest BCUT2D eigenvalue weighted by Gasteiger charge is 2.30. The number of carbonyl (C=O) groups is 2. The number of thiazole rings is 1. The molecule has 1 rings (SSSR count). The Morgan fingerprint density at radius 3 is 2.59 bits per heavy atom. The topological polar surface area (TPSA) is 70.5 Å². The average Bonchev–Trinajstić information content (AvgIpc) is 2.92. The third-order valence-electron chi connectivity index (χ3n) is 3.07. The van der Waals surface area contributed by atoms with Gasteiger partial charge in [0.1, 0.15) is 0 Å². The van der Waals surface area contributed by atoms with Crippen molar-refractivity contribution in [1.29, 1.82) is 0 Å². The number of hydrogen-bond donors (Lipinski definition) is 1. The van der Waals surface area contributed by atoms with Gasteiger partial charge in [0.05, 0.1) is 16.6 Å². The van der Waals surface area contributed by atoms with Crippen LogP contribution in [0.5, 0.6) is 0 Å². The van der Waals surface area contributed by atoms with Gasteiger partial charge < -0.3 is 10.0 Å². The van der Waals surface area contributed by atoms with Crippen molar-refractivity contribution in [1.82, 2.24) is 9.88 Å². The molecule has 0 saturated heterocycles. The summed E-state index contributed by atoms with van der Waals surface area (Å²) in [5.74, 6) is 3.90. The summed E-state index contributed by atoms with van der Waals surface area (Å²) in [6.45, 7) is 5.98. The van der Waals surface area contributed by atoms with Crippen LogP contribution < -0.4 is 0 Å². The van der Waals surface area contributed by atoms with Crippen LogP contribution in [0.1, 0.15) is 51.3 Å². The van der Waals surface area contributed by atoms with Crippen molar-refractivity contribution in [2.45, 2.75) is 52.0 Å². The maximum absolute atomic E-state index is 11.7. The summed E-state index contributed by atoms with van der Waals surface area (Å²) in [6, 6.07) is 0. The van der Waals surface area contributed by atoms with Gasteiger partial charge in [-0.1, -0.05) is 18.3 Å². The third-order valence-corrected chi connectivity index (χ3v) is 3.75. The molecule has 1 N–H and O–H groups in total. The summed E-state index contributed by atoms with van der Waals surface area (Å²) in [6.07, 6.45) is 5.16. The van der Waals surface area contributed by atoms with Gasteiger partial charge in [0.2, 0.25) is 0 Å². The van der Waals surface area contributed by atoms with Crippen LogP contribution >= 0.6 is 11.3 Å². The van der Waals surface area contributed by atoms with E-state index in [9.17, 15) is 9.59 Å². The minimum atomic E-state index is -1.40. The molecule has 0 unspecified atom stereocenters. The number of aromatic nitrogens is 1. The molecule has 0 aromatic carbocycles. The molecule has 0 aliphatic rings. The molecule has 0 bridgehead atoms. The SMILES string of the molecule is CC(C)(C)N(CCCCCC#Cc1cncs1)C(=O)C(=O)O. The Balaban J connectivity index is 2.31. The number of hydrogen-bond acceptors (Lipinski definition) is 4. The van der Waals surface area contributed by atoms with Gasteiger partial charge in [-0.2, -0.15) is 0 Å². The normalized spacial score (nSPS) is 10.7. The number of rotatable bonds is 5. The quantitative estimate of drug-likeness (QED) is 0.514. The number of carboxylic acid groups (broad SMARTS) is 1. The van der Waals surface area contributed by atoms with E-state index in [0.29, 0.717) is 6.54 Å². The van der Waals surface area contributed by atoms with Crippen molar-refractivity contribution in [2.75, 3.05) is 6.54 Å². The van der Waals surface area contributed by atoms with Gasteiger partial charge in [-0.05, 0) is 33.6 Å². The van der Waals surface area contributed by atoms with E-state index in [1.165, 1.54) is 16.2 Å². The lowest BCUT2D eigenvalue weighted by Gasteiger charge is -2.34. The van der Waals surface area contributed by atoms with E-state index >= 15 is 0 Å². The Morgan fingerprint density at radius 1 is 1.32 bits per heavy atom. The first kappa shape index (κ1) is 18.2. The van der Waals surface area contributed by atoms with E-state index < -0.39 is 17.4 Å². The largest absolute Gasteiger partial charge is 0.474 e. The Bertz CT molecular complexity index is 550. The van der Waals surface area contributed by atoms with Gasteiger partial charge in [-0.25, -0.2) is 4.79 Å². The van der Waals surface area contributed by atoms with Crippen LogP contribution in [0.2, 0.25) is 0 Å². The summed E-state index contributed by atoms with van der Waals surface area (Å²) in [7, 11) is 0. The lowest BCUT2D eigenvalue weighted by atomic mass is 10.0. The van der Waals surface area contributed by atoms with E-state index in [1.807, 2.05) is 20.8 Å². The summed E-state index contributed by atoms with van der Waals surface area (Å²) in [5, 5.41) is 8.87. The molecule has 1 aromatic heterocycles. The molecule has 0 aliphatic carbocycles. The Hall–Kier alpha value is -1.87. The van der Waals surface area contributed by atoms with Crippen LogP contribution in [-0.4, -0.2) is 39.0 Å². The number of unbranched alkanes of at least 4 members (excludes halogenated alkanes) is 3. The van der Waals surface area contributed by atoms with E-state index in [4.69, 9.17) is 5.11 Å². The molecule has 1 amide bonds. The van der Waals surface area contributed by atoms with E-state index in [2.05, 4.69) is 16.8 Å². The highest BCUT2D eigenvalue weighted by atomic mass is 32.1. The highest BCUT2D eigenvalue weighted by Crippen LogP contribution is 2.15. The summed E-state index contributed by atoms with van der Waals surface area (Å²) in [5.41, 5.74) is 1.27. The molecule has 0 radical (unpaired) electrons. The van der Waals surface area contributed by atoms with Crippen LogP contribution in [0.3, 0.4) is 0 Å². The molecule has 0 spiro atoms. The minimum absolute atomic E-state index is 0.455. The van der Waals surface area contributed by atoms with Crippen LogP contribution in [0.25, 0.3) is 0 Å². The highest BCUT2D eigenvalue weighted by molar-refractivity contribution is 7.10. The van der Waals surface area contributed by atoms with Crippen molar-refractivity contribution >= 4 is 23.2 Å². The number of carboxylic acids is 1. The van der Waals surface area contributed by atoms with Crippen LogP contribution in [0.4, 0.5) is 0 Å². The van der Waals surface area contributed by atoms with E-state index in [1.54, 1.807) is 11.7 Å². The zero-order valence-electron chi connectivity index (χ0n) is 13.3. The molecule has 5 nitrogen and oxygen atoms in total. The van der Waals surface area contributed by atoms with Crippen molar-refractivity contribution < 1.29 is 14.7 Å². The lowest BCUT2D eigenvalue weighted by molar-refractivity contribution is -0.158. The number of nitrogens with zero attached hydrogens (tertiary/aromatic N) is 2. The van der Waals surface area contributed by atoms with Gasteiger partial charge >= 0.3 is 11.9 Å². The third kappa shape index (κ3) is 6.27. The molecule has 0 fully saturated rings. The predicted molar refractivity (Wildman–Crippen MR) is 86.6 cm³/mol. The van der Waals surface area contributed by atoms with Gasteiger partial charge in [0.25, 0.3) is 0 Å². The molecule has 1 aromatic rings. The standard InChI is InChI=1S/C16H22N2O3S/c1-16(2,3)18(14(19)15(20)21)10-8-6-4-5-7-9-13-11-17-12-22-13/h11-12H,4-6,8,10H2,1-3H3,(H,20,21). The fraction of sp³-hybridized carbons (Fsp3) is 0.562. The van der Waals surface area contributed by atoms with Crippen LogP contribution in [-0.2, 0) is 9.59 Å². The fourth-order valence-corrected chi connectivity index (χ4v) is 2.43. The Labute approximate surface area is 135 Å². The molecule has 0 saturated carbocycles. The zero-order valence-corrected chi connectivity index (χ0v) is 14.1. The predicted octanol–water partition coefficient (Wildman–Crippen LogP) is 2.77. The Kier molecular flexibility index (Phi) is 7.06. The summed E-state index contributed by atoms with van der Waals surface area (Å²) in [4.78, 5) is 28.9. The van der Waals surface area contributed by atoms with E-state index in [0.717, 1.165) is 30.6 Å². The number of amides is 1. The first-order chi connectivity index (χ1) is 10.3.